The van der Waals surface area contributed by atoms with Gasteiger partial charge in [0.25, 0.3) is 17.4 Å². The molecule has 0 spiro atoms. The lowest BCUT2D eigenvalue weighted by molar-refractivity contribution is -0.140. The lowest BCUT2D eigenvalue weighted by Crippen LogP contribution is -2.56. The number of hydrogen-bond acceptors (Lipinski definition) is 8. The summed E-state index contributed by atoms with van der Waals surface area (Å²) in [5, 5.41) is 16.5. The van der Waals surface area contributed by atoms with Crippen molar-refractivity contribution in [3.8, 4) is 5.75 Å². The number of piperidine rings is 1. The van der Waals surface area contributed by atoms with E-state index < -0.39 is 11.5 Å². The van der Waals surface area contributed by atoms with Crippen molar-refractivity contribution in [3.05, 3.63) is 111 Å². The van der Waals surface area contributed by atoms with Gasteiger partial charge in [0.1, 0.15) is 5.75 Å². The number of carbonyl (C=O) groups excluding carboxylic acids is 2. The van der Waals surface area contributed by atoms with Crippen LogP contribution in [0, 0.1) is 5.92 Å². The predicted octanol–water partition coefficient (Wildman–Crippen LogP) is 6.62. The van der Waals surface area contributed by atoms with Gasteiger partial charge in [-0.3, -0.25) is 28.8 Å². The minimum atomic E-state index is -2.59. The molecule has 1 saturated carbocycles. The summed E-state index contributed by atoms with van der Waals surface area (Å²) in [6.45, 7) is 1.58. The fraction of sp³-hybridized carbons (Fsp3) is 0.444. The zero-order valence-electron chi connectivity index (χ0n) is 32.9. The van der Waals surface area contributed by atoms with Crippen molar-refractivity contribution >= 4 is 45.2 Å². The normalized spacial score (nSPS) is 18.1. The second-order valence-electron chi connectivity index (χ2n) is 16.5. The molecular formula is C45H49ClF2N6O5. The van der Waals surface area contributed by atoms with E-state index in [1.54, 1.807) is 35.2 Å². The average molecular weight is 827 g/mol. The molecule has 2 amide bonds. The smallest absolute Gasteiger partial charge is 0.272 e. The predicted molar refractivity (Wildman–Crippen MR) is 222 cm³/mol. The van der Waals surface area contributed by atoms with Crippen LogP contribution in [0.1, 0.15) is 72.5 Å². The average Bonchev–Trinajstić information content (AvgIpc) is 4.07. The first-order valence-electron chi connectivity index (χ1n) is 20.6. The zero-order chi connectivity index (χ0) is 41.1. The summed E-state index contributed by atoms with van der Waals surface area (Å²) in [6, 6.07) is 22.2. The van der Waals surface area contributed by atoms with E-state index >= 15 is 0 Å². The molecule has 59 heavy (non-hydrogen) atoms. The molecule has 2 N–H and O–H groups in total. The third-order valence-corrected chi connectivity index (χ3v) is 12.1. The third kappa shape index (κ3) is 9.91. The number of halogens is 3. The number of ether oxygens (including phenoxy) is 1. The Labute approximate surface area is 346 Å². The molecule has 14 heteroatoms. The van der Waals surface area contributed by atoms with E-state index in [0.717, 1.165) is 29.5 Å². The summed E-state index contributed by atoms with van der Waals surface area (Å²) in [5.74, 6) is -2.12. The number of pyridine rings is 1. The molecule has 3 aliphatic rings. The Morgan fingerprint density at radius 1 is 0.966 bits per heavy atom. The van der Waals surface area contributed by atoms with Crippen molar-refractivity contribution < 1.29 is 28.2 Å². The molecular weight excluding hydrogens is 778 g/mol. The van der Waals surface area contributed by atoms with Gasteiger partial charge in [0.2, 0.25) is 5.91 Å². The highest BCUT2D eigenvalue weighted by Gasteiger charge is 2.43. The van der Waals surface area contributed by atoms with Crippen LogP contribution >= 0.6 is 11.6 Å². The van der Waals surface area contributed by atoms with Crippen molar-refractivity contribution in [3.63, 3.8) is 0 Å². The number of rotatable bonds is 16. The first kappa shape index (κ1) is 40.8. The summed E-state index contributed by atoms with van der Waals surface area (Å²) in [4.78, 5) is 53.5. The molecule has 0 radical (unpaired) electrons. The molecule has 8 rings (SSSR count). The Morgan fingerprint density at radius 3 is 2.47 bits per heavy atom. The Kier molecular flexibility index (Phi) is 12.0. The third-order valence-electron chi connectivity index (χ3n) is 11.8. The Balaban J connectivity index is 0.840. The van der Waals surface area contributed by atoms with Crippen LogP contribution in [0.2, 0.25) is 5.02 Å². The van der Waals surface area contributed by atoms with E-state index in [-0.39, 0.29) is 42.9 Å². The first-order valence-corrected chi connectivity index (χ1v) is 21.0. The van der Waals surface area contributed by atoms with Crippen LogP contribution in [-0.2, 0) is 17.8 Å². The minimum Gasteiger partial charge on any atom is -0.493 e. The number of aromatic nitrogens is 3. The highest BCUT2D eigenvalue weighted by Crippen LogP contribution is 2.41. The highest BCUT2D eigenvalue weighted by atomic mass is 35.5. The molecule has 4 heterocycles. The van der Waals surface area contributed by atoms with Crippen molar-refractivity contribution in [2.75, 3.05) is 45.9 Å². The molecule has 2 aliphatic heterocycles. The topological polar surface area (TPSA) is 130 Å². The van der Waals surface area contributed by atoms with E-state index in [1.165, 1.54) is 10.9 Å². The minimum absolute atomic E-state index is 0.0100. The van der Waals surface area contributed by atoms with Crippen LogP contribution in [0.3, 0.4) is 0 Å². The lowest BCUT2D eigenvalue weighted by Gasteiger charge is -2.39. The van der Waals surface area contributed by atoms with Gasteiger partial charge in [0, 0.05) is 60.7 Å². The SMILES string of the molecule is O=C(NCCC[C@H](Cc1ccccc1)C(=O)N1CCC(O)(Cn2cnc3cc(OCCCN4CC(F)(F)C4)ccc3c2=O)CC1)c1ccc2c(Cl)cc(C3CC3)nc2c1. The molecule has 1 atom stereocenters. The van der Waals surface area contributed by atoms with Gasteiger partial charge in [0.05, 0.1) is 59.6 Å². The van der Waals surface area contributed by atoms with Crippen LogP contribution in [0.15, 0.2) is 83.9 Å². The molecule has 2 aromatic heterocycles. The van der Waals surface area contributed by atoms with Gasteiger partial charge in [-0.1, -0.05) is 48.0 Å². The fourth-order valence-electron chi connectivity index (χ4n) is 8.26. The van der Waals surface area contributed by atoms with Crippen LogP contribution < -0.4 is 15.6 Å². The fourth-order valence-corrected chi connectivity index (χ4v) is 8.53. The highest BCUT2D eigenvalue weighted by molar-refractivity contribution is 6.35. The molecule has 1 aliphatic carbocycles. The number of carbonyl (C=O) groups is 2. The zero-order valence-corrected chi connectivity index (χ0v) is 33.7. The Morgan fingerprint density at radius 2 is 1.73 bits per heavy atom. The molecule has 5 aromatic rings. The van der Waals surface area contributed by atoms with Gasteiger partial charge < -0.3 is 20.1 Å². The van der Waals surface area contributed by atoms with Crippen molar-refractivity contribution in [1.82, 2.24) is 29.7 Å². The van der Waals surface area contributed by atoms with Crippen LogP contribution in [0.5, 0.6) is 5.75 Å². The number of likely N-dealkylation sites (tertiary alicyclic amines) is 2. The van der Waals surface area contributed by atoms with Crippen molar-refractivity contribution in [1.29, 1.82) is 0 Å². The van der Waals surface area contributed by atoms with E-state index in [1.807, 2.05) is 47.4 Å². The number of fused-ring (bicyclic) bond motifs is 2. The monoisotopic (exact) mass is 826 g/mol. The number of nitrogens with zero attached hydrogens (tertiary/aromatic N) is 5. The van der Waals surface area contributed by atoms with Gasteiger partial charge in [-0.15, -0.1) is 0 Å². The molecule has 11 nitrogen and oxygen atoms in total. The van der Waals surface area contributed by atoms with Gasteiger partial charge in [-0.25, -0.2) is 13.8 Å². The molecule has 2 saturated heterocycles. The number of aliphatic hydroxyl groups is 1. The summed E-state index contributed by atoms with van der Waals surface area (Å²) < 4.78 is 33.3. The number of benzene rings is 3. The molecule has 0 unspecified atom stereocenters. The van der Waals surface area contributed by atoms with E-state index in [4.69, 9.17) is 21.3 Å². The first-order chi connectivity index (χ1) is 28.4. The molecule has 3 fully saturated rings. The van der Waals surface area contributed by atoms with E-state index in [9.17, 15) is 28.3 Å². The van der Waals surface area contributed by atoms with Gasteiger partial charge in [-0.05, 0) is 87.3 Å². The van der Waals surface area contributed by atoms with E-state index in [2.05, 4.69) is 10.3 Å². The molecule has 310 valence electrons. The maximum atomic E-state index is 14.1. The maximum Gasteiger partial charge on any atom is 0.272 e. The molecule has 3 aromatic carbocycles. The van der Waals surface area contributed by atoms with Gasteiger partial charge >= 0.3 is 0 Å². The Bertz CT molecular complexity index is 2380. The van der Waals surface area contributed by atoms with Gasteiger partial charge in [0.15, 0.2) is 0 Å². The van der Waals surface area contributed by atoms with E-state index in [0.29, 0.717) is 110 Å². The quantitative estimate of drug-likeness (QED) is 0.106. The Hall–Kier alpha value is -4.98. The van der Waals surface area contributed by atoms with Crippen molar-refractivity contribution in [2.45, 2.75) is 75.4 Å². The molecule has 0 bridgehead atoms. The van der Waals surface area contributed by atoms with Gasteiger partial charge in [-0.2, -0.15) is 0 Å². The lowest BCUT2D eigenvalue weighted by atomic mass is 9.88. The summed E-state index contributed by atoms with van der Waals surface area (Å²) in [5.41, 5.74) is 2.21. The van der Waals surface area contributed by atoms with Crippen molar-refractivity contribution in [2.24, 2.45) is 5.92 Å². The summed E-state index contributed by atoms with van der Waals surface area (Å²) >= 11 is 6.52. The number of nitrogens with one attached hydrogen (secondary N) is 1. The van der Waals surface area contributed by atoms with Crippen LogP contribution in [0.25, 0.3) is 21.8 Å². The number of alkyl halides is 2. The number of hydrogen-bond donors (Lipinski definition) is 2. The summed E-state index contributed by atoms with van der Waals surface area (Å²) in [7, 11) is 0. The number of amides is 2. The standard InChI is InChI=1S/C45H49ClF2N6O5/c46-37-25-38(31-9-10-31)51-40-23-32(11-13-35(37)40)41(55)49-17-4-8-33(22-30-6-2-1-3-7-30)42(56)53-19-15-44(58,16-20-53)26-54-29-50-39-24-34(12-14-36(39)43(54)57)59-21-5-18-52-27-45(47,48)28-52/h1-3,6-7,11-14,23-25,29,31,33,58H,4-5,8-10,15-22,26-28H2,(H,49,55)/t33-/m1/s1. The maximum absolute atomic E-state index is 14.1. The largest absolute Gasteiger partial charge is 0.493 e. The second-order valence-corrected chi connectivity index (χ2v) is 16.9. The second kappa shape index (κ2) is 17.3. The summed E-state index contributed by atoms with van der Waals surface area (Å²) in [6.07, 6.45) is 6.56. The van der Waals surface area contributed by atoms with Crippen LogP contribution in [0.4, 0.5) is 8.78 Å². The van der Waals surface area contributed by atoms with Crippen LogP contribution in [-0.4, -0.2) is 98.7 Å².